The zero-order valence-electron chi connectivity index (χ0n) is 4.94. The molecule has 0 aromatic carbocycles. The Labute approximate surface area is 64.8 Å². The molecule has 0 spiro atoms. The molecule has 0 amide bonds. The van der Waals surface area contributed by atoms with Crippen molar-refractivity contribution in [3.8, 4) is 0 Å². The lowest BCUT2D eigenvalue weighted by atomic mass is 10.5. The van der Waals surface area contributed by atoms with E-state index in [9.17, 15) is 8.78 Å². The van der Waals surface area contributed by atoms with Gasteiger partial charge in [-0.05, 0) is 0 Å². The highest BCUT2D eigenvalue weighted by molar-refractivity contribution is 9.08. The van der Waals surface area contributed by atoms with Gasteiger partial charge in [-0.3, -0.25) is 0 Å². The Morgan fingerprint density at radius 2 is 2.40 bits per heavy atom. The lowest BCUT2D eigenvalue weighted by molar-refractivity contribution is 0.146. The van der Waals surface area contributed by atoms with E-state index in [1.54, 1.807) is 0 Å². The van der Waals surface area contributed by atoms with Crippen LogP contribution in [0.4, 0.5) is 8.78 Å². The number of nitrogens with zero attached hydrogens (tertiary/aromatic N) is 1. The van der Waals surface area contributed by atoms with Gasteiger partial charge in [-0.15, -0.1) is 0 Å². The Morgan fingerprint density at radius 1 is 1.70 bits per heavy atom. The van der Waals surface area contributed by atoms with Gasteiger partial charge in [0.2, 0.25) is 0 Å². The molecule has 0 aliphatic heterocycles. The summed E-state index contributed by atoms with van der Waals surface area (Å²) in [6.07, 6.45) is -1.32. The fourth-order valence-corrected chi connectivity index (χ4v) is 0.842. The van der Waals surface area contributed by atoms with Crippen molar-refractivity contribution in [2.75, 3.05) is 0 Å². The van der Waals surface area contributed by atoms with Crippen LogP contribution in [-0.2, 0) is 5.33 Å². The van der Waals surface area contributed by atoms with Crippen LogP contribution in [-0.4, -0.2) is 9.97 Å². The molecule has 0 fully saturated rings. The molecule has 10 heavy (non-hydrogen) atoms. The first-order valence-corrected chi connectivity index (χ1v) is 3.74. The molecule has 0 saturated carbocycles. The molecule has 1 heterocycles. The summed E-state index contributed by atoms with van der Waals surface area (Å²) >= 11 is 3.08. The number of H-pyrrole nitrogens is 1. The molecule has 1 N–H and O–H groups in total. The van der Waals surface area contributed by atoms with E-state index in [1.807, 2.05) is 0 Å². The SMILES string of the molecule is FC(F)c1cnc(CBr)[nH]1. The number of rotatable bonds is 2. The first-order chi connectivity index (χ1) is 4.74. The van der Waals surface area contributed by atoms with E-state index in [-0.39, 0.29) is 5.69 Å². The number of imidazole rings is 1. The smallest absolute Gasteiger partial charge is 0.279 e. The summed E-state index contributed by atoms with van der Waals surface area (Å²) in [5.41, 5.74) is -0.130. The van der Waals surface area contributed by atoms with E-state index in [4.69, 9.17) is 0 Å². The van der Waals surface area contributed by atoms with Gasteiger partial charge in [0.1, 0.15) is 11.5 Å². The first kappa shape index (κ1) is 7.65. The van der Waals surface area contributed by atoms with Gasteiger partial charge in [-0.2, -0.15) is 0 Å². The zero-order valence-corrected chi connectivity index (χ0v) is 6.53. The van der Waals surface area contributed by atoms with Gasteiger partial charge >= 0.3 is 0 Å². The van der Waals surface area contributed by atoms with Crippen molar-refractivity contribution in [1.82, 2.24) is 9.97 Å². The Morgan fingerprint density at radius 3 is 2.70 bits per heavy atom. The normalized spacial score (nSPS) is 10.8. The number of aromatic amines is 1. The van der Waals surface area contributed by atoms with E-state index in [0.29, 0.717) is 11.2 Å². The van der Waals surface area contributed by atoms with Gasteiger partial charge in [0.05, 0.1) is 11.5 Å². The summed E-state index contributed by atoms with van der Waals surface area (Å²) in [5, 5.41) is 0.472. The summed E-state index contributed by atoms with van der Waals surface area (Å²) < 4.78 is 23.7. The van der Waals surface area contributed by atoms with Crippen molar-refractivity contribution in [3.05, 3.63) is 17.7 Å². The Hall–Kier alpha value is -0.450. The second-order valence-electron chi connectivity index (χ2n) is 1.72. The molecular formula is C5H5BrF2N2. The van der Waals surface area contributed by atoms with Crippen molar-refractivity contribution in [2.24, 2.45) is 0 Å². The third-order valence-electron chi connectivity index (χ3n) is 1.01. The van der Waals surface area contributed by atoms with Crippen LogP contribution in [0.1, 0.15) is 17.9 Å². The van der Waals surface area contributed by atoms with Crippen molar-refractivity contribution >= 4 is 15.9 Å². The van der Waals surface area contributed by atoms with Crippen LogP contribution in [0.15, 0.2) is 6.20 Å². The van der Waals surface area contributed by atoms with Gasteiger partial charge < -0.3 is 4.98 Å². The monoisotopic (exact) mass is 210 g/mol. The highest BCUT2D eigenvalue weighted by Crippen LogP contribution is 2.16. The number of aromatic nitrogens is 2. The third kappa shape index (κ3) is 1.53. The number of nitrogens with one attached hydrogen (secondary N) is 1. The summed E-state index contributed by atoms with van der Waals surface area (Å²) in [7, 11) is 0. The molecule has 0 aliphatic rings. The van der Waals surface area contributed by atoms with Crippen LogP contribution in [0.3, 0.4) is 0 Å². The van der Waals surface area contributed by atoms with Gasteiger partial charge in [0, 0.05) is 0 Å². The van der Waals surface area contributed by atoms with Crippen molar-refractivity contribution < 1.29 is 8.78 Å². The van der Waals surface area contributed by atoms with Gasteiger partial charge in [0.25, 0.3) is 6.43 Å². The largest absolute Gasteiger partial charge is 0.340 e. The van der Waals surface area contributed by atoms with Crippen LogP contribution in [0.25, 0.3) is 0 Å². The number of halogens is 3. The van der Waals surface area contributed by atoms with Crippen molar-refractivity contribution in [2.45, 2.75) is 11.8 Å². The molecule has 1 rings (SSSR count). The predicted molar refractivity (Wildman–Crippen MR) is 36.2 cm³/mol. The van der Waals surface area contributed by atoms with E-state index in [0.717, 1.165) is 6.20 Å². The minimum Gasteiger partial charge on any atom is -0.340 e. The topological polar surface area (TPSA) is 28.7 Å². The summed E-state index contributed by atoms with van der Waals surface area (Å²) in [5.74, 6) is 0.523. The minimum atomic E-state index is -2.46. The van der Waals surface area contributed by atoms with E-state index in [1.165, 1.54) is 0 Å². The summed E-state index contributed by atoms with van der Waals surface area (Å²) in [4.78, 5) is 6.13. The van der Waals surface area contributed by atoms with E-state index >= 15 is 0 Å². The quantitative estimate of drug-likeness (QED) is 0.746. The minimum absolute atomic E-state index is 0.130. The lowest BCUT2D eigenvalue weighted by Gasteiger charge is -1.89. The van der Waals surface area contributed by atoms with E-state index in [2.05, 4.69) is 25.9 Å². The molecule has 0 radical (unpaired) electrons. The molecule has 2 nitrogen and oxygen atoms in total. The average Bonchev–Trinajstić information content (AvgIpc) is 2.34. The first-order valence-electron chi connectivity index (χ1n) is 2.62. The molecule has 1 aromatic heterocycles. The maximum atomic E-state index is 11.8. The Bertz CT molecular complexity index is 211. The van der Waals surface area contributed by atoms with E-state index < -0.39 is 6.43 Å². The van der Waals surface area contributed by atoms with Crippen LogP contribution in [0.2, 0.25) is 0 Å². The van der Waals surface area contributed by atoms with Crippen molar-refractivity contribution in [1.29, 1.82) is 0 Å². The lowest BCUT2D eigenvalue weighted by Crippen LogP contribution is -1.84. The van der Waals surface area contributed by atoms with Crippen LogP contribution >= 0.6 is 15.9 Å². The molecule has 0 unspecified atom stereocenters. The number of alkyl halides is 3. The second kappa shape index (κ2) is 3.09. The molecule has 0 saturated heterocycles. The van der Waals surface area contributed by atoms with Gasteiger partial charge in [0.15, 0.2) is 0 Å². The van der Waals surface area contributed by atoms with Crippen molar-refractivity contribution in [3.63, 3.8) is 0 Å². The maximum absolute atomic E-state index is 11.8. The standard InChI is InChI=1S/C5H5BrF2N2/c6-1-4-9-2-3(10-4)5(7)8/h2,5H,1H2,(H,9,10). The Kier molecular flexibility index (Phi) is 2.37. The molecule has 5 heteroatoms. The number of hydrogen-bond donors (Lipinski definition) is 1. The fraction of sp³-hybridized carbons (Fsp3) is 0.400. The predicted octanol–water partition coefficient (Wildman–Crippen LogP) is 2.24. The molecule has 0 bridgehead atoms. The molecule has 0 aliphatic carbocycles. The molecular weight excluding hydrogens is 206 g/mol. The molecule has 56 valence electrons. The second-order valence-corrected chi connectivity index (χ2v) is 2.28. The van der Waals surface area contributed by atoms with Crippen LogP contribution in [0.5, 0.6) is 0 Å². The van der Waals surface area contributed by atoms with Gasteiger partial charge in [-0.1, -0.05) is 15.9 Å². The maximum Gasteiger partial charge on any atom is 0.279 e. The molecule has 0 atom stereocenters. The Balaban J connectivity index is 2.78. The van der Waals surface area contributed by atoms with Crippen LogP contribution < -0.4 is 0 Å². The summed E-state index contributed by atoms with van der Waals surface area (Å²) in [6, 6.07) is 0. The number of hydrogen-bond acceptors (Lipinski definition) is 1. The highest BCUT2D eigenvalue weighted by Gasteiger charge is 2.08. The fourth-order valence-electron chi connectivity index (χ4n) is 0.557. The highest BCUT2D eigenvalue weighted by atomic mass is 79.9. The summed E-state index contributed by atoms with van der Waals surface area (Å²) in [6.45, 7) is 0. The zero-order chi connectivity index (χ0) is 7.56. The average molecular weight is 211 g/mol. The molecule has 1 aromatic rings. The van der Waals surface area contributed by atoms with Crippen LogP contribution in [0, 0.1) is 0 Å². The van der Waals surface area contributed by atoms with Gasteiger partial charge in [-0.25, -0.2) is 13.8 Å². The third-order valence-corrected chi connectivity index (χ3v) is 1.54.